The van der Waals surface area contributed by atoms with Crippen LogP contribution in [0.3, 0.4) is 0 Å². The number of aryl methyl sites for hydroxylation is 3. The number of carbonyl (C=O) groups excluding carboxylic acids is 1. The molecule has 1 amide bonds. The molecule has 0 aliphatic rings. The van der Waals surface area contributed by atoms with E-state index in [1.807, 2.05) is 32.0 Å². The summed E-state index contributed by atoms with van der Waals surface area (Å²) in [6, 6.07) is 10.1. The number of sulfonamides is 1. The van der Waals surface area contributed by atoms with Crippen molar-refractivity contribution in [1.29, 1.82) is 0 Å². The van der Waals surface area contributed by atoms with Gasteiger partial charge in [-0.25, -0.2) is 13.1 Å². The van der Waals surface area contributed by atoms with Gasteiger partial charge in [-0.3, -0.25) is 4.79 Å². The van der Waals surface area contributed by atoms with Gasteiger partial charge in [-0.05, 0) is 70.0 Å². The van der Waals surface area contributed by atoms with Gasteiger partial charge >= 0.3 is 0 Å². The lowest BCUT2D eigenvalue weighted by Gasteiger charge is -2.13. The van der Waals surface area contributed by atoms with Crippen LogP contribution >= 0.6 is 0 Å². The molecule has 0 spiro atoms. The third kappa shape index (κ3) is 5.80. The Hall–Kier alpha value is -2.38. The Morgan fingerprint density at radius 2 is 1.74 bits per heavy atom. The van der Waals surface area contributed by atoms with Crippen molar-refractivity contribution in [3.63, 3.8) is 0 Å². The summed E-state index contributed by atoms with van der Waals surface area (Å²) in [6.07, 6.45) is 0. The molecule has 0 saturated carbocycles. The fraction of sp³-hybridized carbons (Fsp3) is 0.350. The number of hydrogen-bond acceptors (Lipinski definition) is 4. The van der Waals surface area contributed by atoms with Crippen molar-refractivity contribution in [3.8, 4) is 5.75 Å². The minimum Gasteiger partial charge on any atom is -0.483 e. The van der Waals surface area contributed by atoms with E-state index in [4.69, 9.17) is 4.74 Å². The Bertz CT molecular complexity index is 937. The number of ether oxygens (including phenoxy) is 1. The van der Waals surface area contributed by atoms with Gasteiger partial charge in [-0.15, -0.1) is 0 Å². The van der Waals surface area contributed by atoms with Gasteiger partial charge in [0.15, 0.2) is 6.61 Å². The van der Waals surface area contributed by atoms with Crippen LogP contribution in [0.15, 0.2) is 41.3 Å². The average Bonchev–Trinajstić information content (AvgIpc) is 2.55. The van der Waals surface area contributed by atoms with Crippen LogP contribution in [0.4, 0.5) is 5.69 Å². The number of nitrogens with one attached hydrogen (secondary N) is 2. The monoisotopic (exact) mass is 390 g/mol. The van der Waals surface area contributed by atoms with E-state index in [1.54, 1.807) is 26.8 Å². The number of benzene rings is 2. The van der Waals surface area contributed by atoms with Crippen LogP contribution in [-0.4, -0.2) is 27.0 Å². The first-order chi connectivity index (χ1) is 12.6. The largest absolute Gasteiger partial charge is 0.483 e. The van der Waals surface area contributed by atoms with E-state index in [0.29, 0.717) is 11.3 Å². The second-order valence-electron chi connectivity index (χ2n) is 6.86. The van der Waals surface area contributed by atoms with Crippen molar-refractivity contribution < 1.29 is 17.9 Å². The van der Waals surface area contributed by atoms with Gasteiger partial charge in [0, 0.05) is 11.7 Å². The van der Waals surface area contributed by atoms with Crippen molar-refractivity contribution in [2.45, 2.75) is 45.6 Å². The molecule has 0 radical (unpaired) electrons. The Labute approximate surface area is 161 Å². The first kappa shape index (κ1) is 20.9. The van der Waals surface area contributed by atoms with Gasteiger partial charge < -0.3 is 10.1 Å². The molecular weight excluding hydrogens is 364 g/mol. The number of rotatable bonds is 7. The normalized spacial score (nSPS) is 11.5. The van der Waals surface area contributed by atoms with Gasteiger partial charge in [-0.2, -0.15) is 0 Å². The summed E-state index contributed by atoms with van der Waals surface area (Å²) >= 11 is 0. The summed E-state index contributed by atoms with van der Waals surface area (Å²) in [5.41, 5.74) is 3.49. The zero-order chi connectivity index (χ0) is 20.2. The van der Waals surface area contributed by atoms with Crippen molar-refractivity contribution >= 4 is 21.6 Å². The summed E-state index contributed by atoms with van der Waals surface area (Å²) in [6.45, 7) is 9.02. The molecular formula is C20H26N2O4S. The summed E-state index contributed by atoms with van der Waals surface area (Å²) < 4.78 is 32.5. The predicted molar refractivity (Wildman–Crippen MR) is 107 cm³/mol. The Morgan fingerprint density at radius 3 is 2.33 bits per heavy atom. The average molecular weight is 391 g/mol. The third-order valence-electron chi connectivity index (χ3n) is 3.86. The third-order valence-corrected chi connectivity index (χ3v) is 5.52. The molecule has 146 valence electrons. The van der Waals surface area contributed by atoms with E-state index in [0.717, 1.165) is 16.8 Å². The summed E-state index contributed by atoms with van der Waals surface area (Å²) in [7, 11) is -3.56. The molecule has 2 aromatic carbocycles. The zero-order valence-corrected chi connectivity index (χ0v) is 17.1. The first-order valence-corrected chi connectivity index (χ1v) is 10.2. The van der Waals surface area contributed by atoms with Crippen LogP contribution < -0.4 is 14.8 Å². The molecule has 0 aliphatic heterocycles. The summed E-state index contributed by atoms with van der Waals surface area (Å²) in [5.74, 6) is 0.189. The fourth-order valence-electron chi connectivity index (χ4n) is 2.61. The van der Waals surface area contributed by atoms with E-state index >= 15 is 0 Å². The Balaban J connectivity index is 2.02. The molecule has 0 unspecified atom stereocenters. The number of amides is 1. The lowest BCUT2D eigenvalue weighted by atomic mass is 10.1. The van der Waals surface area contributed by atoms with E-state index in [1.165, 1.54) is 12.1 Å². The maximum atomic E-state index is 12.2. The highest BCUT2D eigenvalue weighted by molar-refractivity contribution is 7.89. The van der Waals surface area contributed by atoms with Crippen molar-refractivity contribution in [2.24, 2.45) is 0 Å². The molecule has 0 heterocycles. The maximum absolute atomic E-state index is 12.2. The lowest BCUT2D eigenvalue weighted by Crippen LogP contribution is -2.30. The molecule has 7 heteroatoms. The minimum absolute atomic E-state index is 0.162. The summed E-state index contributed by atoms with van der Waals surface area (Å²) in [5, 5.41) is 2.81. The van der Waals surface area contributed by atoms with Crippen LogP contribution in [0.5, 0.6) is 5.75 Å². The van der Waals surface area contributed by atoms with Gasteiger partial charge in [0.1, 0.15) is 5.75 Å². The SMILES string of the molecule is Cc1ccc(NC(=O)COc2ccc(S(=O)(=O)NC(C)C)cc2C)c(C)c1. The number of anilines is 1. The second-order valence-corrected chi connectivity index (χ2v) is 8.57. The fourth-order valence-corrected chi connectivity index (χ4v) is 3.95. The quantitative estimate of drug-likeness (QED) is 0.760. The van der Waals surface area contributed by atoms with E-state index < -0.39 is 10.0 Å². The smallest absolute Gasteiger partial charge is 0.262 e. The van der Waals surface area contributed by atoms with Crippen LogP contribution in [0, 0.1) is 20.8 Å². The maximum Gasteiger partial charge on any atom is 0.262 e. The van der Waals surface area contributed by atoms with Gasteiger partial charge in [0.2, 0.25) is 10.0 Å². The van der Waals surface area contributed by atoms with Crippen LogP contribution in [0.25, 0.3) is 0 Å². The molecule has 0 aromatic heterocycles. The first-order valence-electron chi connectivity index (χ1n) is 8.71. The van der Waals surface area contributed by atoms with E-state index in [-0.39, 0.29) is 23.5 Å². The molecule has 0 bridgehead atoms. The molecule has 27 heavy (non-hydrogen) atoms. The van der Waals surface area contributed by atoms with Crippen molar-refractivity contribution in [1.82, 2.24) is 4.72 Å². The summed E-state index contributed by atoms with van der Waals surface area (Å²) in [4.78, 5) is 12.3. The molecule has 0 aliphatic carbocycles. The Morgan fingerprint density at radius 1 is 1.04 bits per heavy atom. The topological polar surface area (TPSA) is 84.5 Å². The van der Waals surface area contributed by atoms with Gasteiger partial charge in [-0.1, -0.05) is 17.7 Å². The molecule has 0 saturated heterocycles. The standard InChI is InChI=1S/C20H26N2O4S/c1-13(2)22-27(24,25)17-7-9-19(16(5)11-17)26-12-20(23)21-18-8-6-14(3)10-15(18)4/h6-11,13,22H,12H2,1-5H3,(H,21,23). The highest BCUT2D eigenvalue weighted by Gasteiger charge is 2.17. The number of hydrogen-bond donors (Lipinski definition) is 2. The van der Waals surface area contributed by atoms with Crippen molar-refractivity contribution in [2.75, 3.05) is 11.9 Å². The molecule has 0 atom stereocenters. The van der Waals surface area contributed by atoms with Crippen LogP contribution in [0.1, 0.15) is 30.5 Å². The molecule has 0 fully saturated rings. The number of carbonyl (C=O) groups is 1. The molecule has 2 aromatic rings. The van der Waals surface area contributed by atoms with Crippen LogP contribution in [0.2, 0.25) is 0 Å². The second kappa shape index (κ2) is 8.54. The van der Waals surface area contributed by atoms with Gasteiger partial charge in [0.25, 0.3) is 5.91 Å². The highest BCUT2D eigenvalue weighted by Crippen LogP contribution is 2.22. The van der Waals surface area contributed by atoms with E-state index in [9.17, 15) is 13.2 Å². The molecule has 6 nitrogen and oxygen atoms in total. The van der Waals surface area contributed by atoms with Crippen LogP contribution in [-0.2, 0) is 14.8 Å². The van der Waals surface area contributed by atoms with E-state index in [2.05, 4.69) is 10.0 Å². The molecule has 2 N–H and O–H groups in total. The zero-order valence-electron chi connectivity index (χ0n) is 16.3. The molecule has 2 rings (SSSR count). The van der Waals surface area contributed by atoms with Gasteiger partial charge in [0.05, 0.1) is 4.90 Å². The Kier molecular flexibility index (Phi) is 6.62. The minimum atomic E-state index is -3.56. The highest BCUT2D eigenvalue weighted by atomic mass is 32.2. The van der Waals surface area contributed by atoms with Crippen molar-refractivity contribution in [3.05, 3.63) is 53.1 Å². The lowest BCUT2D eigenvalue weighted by molar-refractivity contribution is -0.118. The predicted octanol–water partition coefficient (Wildman–Crippen LogP) is 3.32.